The molecule has 1 aliphatic heterocycles. The Kier molecular flexibility index (Phi) is 5.70. The summed E-state index contributed by atoms with van der Waals surface area (Å²) < 4.78 is 34.0. The average molecular weight is 409 g/mol. The van der Waals surface area contributed by atoms with E-state index in [4.69, 9.17) is 16.3 Å². The molecule has 27 heavy (non-hydrogen) atoms. The van der Waals surface area contributed by atoms with E-state index in [-0.39, 0.29) is 4.90 Å². The maximum absolute atomic E-state index is 13.3. The number of halogens is 1. The largest absolute Gasteiger partial charge is 0.494 e. The molecule has 3 rings (SSSR count). The van der Waals surface area contributed by atoms with Crippen LogP contribution in [0.25, 0.3) is 0 Å². The minimum atomic E-state index is -3.68. The third-order valence-electron chi connectivity index (χ3n) is 4.76. The lowest BCUT2D eigenvalue weighted by atomic mass is 10.0. The molecule has 0 fully saturated rings. The van der Waals surface area contributed by atoms with Crippen molar-refractivity contribution in [2.24, 2.45) is 0 Å². The first-order valence-electron chi connectivity index (χ1n) is 8.97. The molecule has 5 nitrogen and oxygen atoms in total. The van der Waals surface area contributed by atoms with Crippen LogP contribution in [0, 0.1) is 6.92 Å². The second-order valence-corrected chi connectivity index (χ2v) is 9.14. The molecule has 0 N–H and O–H groups in total. The van der Waals surface area contributed by atoms with E-state index in [9.17, 15) is 8.42 Å². The van der Waals surface area contributed by atoms with Gasteiger partial charge >= 0.3 is 0 Å². The zero-order chi connectivity index (χ0) is 19.8. The predicted molar refractivity (Wildman–Crippen MR) is 109 cm³/mol. The molecule has 0 amide bonds. The van der Waals surface area contributed by atoms with Crippen LogP contribution in [0.2, 0.25) is 5.02 Å². The predicted octanol–water partition coefficient (Wildman–Crippen LogP) is 3.86. The molecule has 0 radical (unpaired) electrons. The number of anilines is 1. The molecule has 146 valence electrons. The number of sulfonamides is 1. The van der Waals surface area contributed by atoms with Crippen molar-refractivity contribution in [3.05, 3.63) is 52.0 Å². The third-order valence-corrected chi connectivity index (χ3v) is 7.12. The summed E-state index contributed by atoms with van der Waals surface area (Å²) >= 11 is 6.16. The molecule has 0 saturated heterocycles. The Morgan fingerprint density at radius 3 is 2.63 bits per heavy atom. The Labute approximate surface area is 166 Å². The second kappa shape index (κ2) is 7.70. The fourth-order valence-corrected chi connectivity index (χ4v) is 5.50. The topological polar surface area (TPSA) is 49.9 Å². The van der Waals surface area contributed by atoms with Gasteiger partial charge in [-0.25, -0.2) is 8.42 Å². The van der Waals surface area contributed by atoms with Gasteiger partial charge in [-0.15, -0.1) is 0 Å². The van der Waals surface area contributed by atoms with E-state index in [2.05, 4.69) is 4.90 Å². The summed E-state index contributed by atoms with van der Waals surface area (Å²) in [6.45, 7) is 5.37. The van der Waals surface area contributed by atoms with Crippen LogP contribution in [0.3, 0.4) is 0 Å². The van der Waals surface area contributed by atoms with E-state index in [0.717, 1.165) is 22.6 Å². The first kappa shape index (κ1) is 20.0. The van der Waals surface area contributed by atoms with Crippen LogP contribution in [-0.2, 0) is 23.0 Å². The molecule has 0 aromatic heterocycles. The quantitative estimate of drug-likeness (QED) is 0.728. The maximum Gasteiger partial charge on any atom is 0.264 e. The molecule has 2 aromatic carbocycles. The monoisotopic (exact) mass is 408 g/mol. The summed E-state index contributed by atoms with van der Waals surface area (Å²) in [6, 6.07) is 8.72. The molecule has 2 aromatic rings. The number of benzene rings is 2. The molecule has 0 aliphatic carbocycles. The van der Waals surface area contributed by atoms with Gasteiger partial charge in [0.2, 0.25) is 0 Å². The van der Waals surface area contributed by atoms with Crippen molar-refractivity contribution in [1.29, 1.82) is 0 Å². The summed E-state index contributed by atoms with van der Waals surface area (Å²) in [4.78, 5) is 2.32. The summed E-state index contributed by atoms with van der Waals surface area (Å²) in [5.41, 5.74) is 3.40. The zero-order valence-electron chi connectivity index (χ0n) is 16.1. The highest BCUT2D eigenvalue weighted by molar-refractivity contribution is 7.93. The Balaban J connectivity index is 2.10. The molecule has 0 spiro atoms. The van der Waals surface area contributed by atoms with Crippen molar-refractivity contribution in [1.82, 2.24) is 4.90 Å². The minimum Gasteiger partial charge on any atom is -0.494 e. The Hall–Kier alpha value is -1.76. The van der Waals surface area contributed by atoms with Crippen molar-refractivity contribution in [2.75, 3.05) is 31.6 Å². The molecule has 0 saturated carbocycles. The van der Waals surface area contributed by atoms with Crippen LogP contribution in [0.5, 0.6) is 5.75 Å². The molecule has 1 heterocycles. The fourth-order valence-electron chi connectivity index (χ4n) is 3.52. The molecule has 0 bridgehead atoms. The van der Waals surface area contributed by atoms with Crippen molar-refractivity contribution in [2.45, 2.75) is 31.7 Å². The van der Waals surface area contributed by atoms with Gasteiger partial charge in [0.25, 0.3) is 10.0 Å². The highest BCUT2D eigenvalue weighted by Crippen LogP contribution is 2.40. The van der Waals surface area contributed by atoms with Gasteiger partial charge in [0.1, 0.15) is 5.75 Å². The smallest absolute Gasteiger partial charge is 0.264 e. The molecular formula is C20H25ClN2O3S. The molecule has 7 heteroatoms. The van der Waals surface area contributed by atoms with Crippen molar-refractivity contribution >= 4 is 27.3 Å². The lowest BCUT2D eigenvalue weighted by Gasteiger charge is -2.23. The highest BCUT2D eigenvalue weighted by atomic mass is 35.5. The van der Waals surface area contributed by atoms with Crippen LogP contribution >= 0.6 is 11.6 Å². The summed E-state index contributed by atoms with van der Waals surface area (Å²) in [5, 5.41) is 0.454. The average Bonchev–Trinajstić information content (AvgIpc) is 3.04. The number of nitrogens with zero attached hydrogens (tertiary/aromatic N) is 2. The van der Waals surface area contributed by atoms with Gasteiger partial charge in [-0.3, -0.25) is 4.31 Å². The number of hydrogen-bond acceptors (Lipinski definition) is 4. The van der Waals surface area contributed by atoms with Gasteiger partial charge in [-0.2, -0.15) is 0 Å². The molecular weight excluding hydrogens is 384 g/mol. The van der Waals surface area contributed by atoms with Crippen molar-refractivity contribution in [3.8, 4) is 5.75 Å². The number of hydrogen-bond donors (Lipinski definition) is 0. The first-order valence-corrected chi connectivity index (χ1v) is 10.8. The summed E-state index contributed by atoms with van der Waals surface area (Å²) in [6.07, 6.45) is 0.665. The van der Waals surface area contributed by atoms with Gasteiger partial charge in [-0.1, -0.05) is 17.7 Å². The van der Waals surface area contributed by atoms with Crippen molar-refractivity contribution in [3.63, 3.8) is 0 Å². The number of fused-ring (bicyclic) bond motifs is 1. The van der Waals surface area contributed by atoms with E-state index in [1.807, 2.05) is 33.2 Å². The number of ether oxygens (including phenoxy) is 1. The second-order valence-electron chi connectivity index (χ2n) is 6.90. The standard InChI is InChI=1S/C20H25ClN2O3S/c1-5-26-19-10-9-18-15(16(19)13-22(3)4)11-12-23(18)27(24,25)20-8-6-7-17(21)14(20)2/h6-10H,5,11-13H2,1-4H3. The Morgan fingerprint density at radius 1 is 1.22 bits per heavy atom. The van der Waals surface area contributed by atoms with Gasteiger partial charge in [0.05, 0.1) is 17.2 Å². The number of rotatable bonds is 6. The van der Waals surface area contributed by atoms with E-state index < -0.39 is 10.0 Å². The van der Waals surface area contributed by atoms with Crippen LogP contribution in [0.15, 0.2) is 35.2 Å². The van der Waals surface area contributed by atoms with Crippen molar-refractivity contribution < 1.29 is 13.2 Å². The lowest BCUT2D eigenvalue weighted by molar-refractivity contribution is 0.324. The third kappa shape index (κ3) is 3.66. The normalized spacial score (nSPS) is 13.9. The molecule has 1 aliphatic rings. The maximum atomic E-state index is 13.3. The van der Waals surface area contributed by atoms with Gasteiger partial charge in [-0.05, 0) is 69.8 Å². The van der Waals surface area contributed by atoms with E-state index >= 15 is 0 Å². The highest BCUT2D eigenvalue weighted by Gasteiger charge is 2.34. The van der Waals surface area contributed by atoms with E-state index in [1.165, 1.54) is 4.31 Å². The van der Waals surface area contributed by atoms with Crippen LogP contribution in [0.4, 0.5) is 5.69 Å². The summed E-state index contributed by atoms with van der Waals surface area (Å²) in [7, 11) is 0.307. The lowest BCUT2D eigenvalue weighted by Crippen LogP contribution is -2.29. The fraction of sp³-hybridized carbons (Fsp3) is 0.400. The van der Waals surface area contributed by atoms with E-state index in [1.54, 1.807) is 25.1 Å². The summed E-state index contributed by atoms with van der Waals surface area (Å²) in [5.74, 6) is 0.822. The zero-order valence-corrected chi connectivity index (χ0v) is 17.7. The van der Waals surface area contributed by atoms with Gasteiger partial charge < -0.3 is 9.64 Å². The van der Waals surface area contributed by atoms with Crippen LogP contribution in [0.1, 0.15) is 23.6 Å². The molecule has 0 atom stereocenters. The Morgan fingerprint density at radius 2 is 1.96 bits per heavy atom. The van der Waals surface area contributed by atoms with Crippen LogP contribution < -0.4 is 9.04 Å². The molecule has 0 unspecified atom stereocenters. The van der Waals surface area contributed by atoms with Crippen LogP contribution in [-0.4, -0.2) is 40.6 Å². The first-order chi connectivity index (χ1) is 12.8. The van der Waals surface area contributed by atoms with Gasteiger partial charge in [0, 0.05) is 23.7 Å². The van der Waals surface area contributed by atoms with E-state index in [0.29, 0.717) is 36.7 Å². The minimum absolute atomic E-state index is 0.255. The van der Waals surface area contributed by atoms with Gasteiger partial charge in [0.15, 0.2) is 0 Å². The SMILES string of the molecule is CCOc1ccc2c(c1CN(C)C)CCN2S(=O)(=O)c1cccc(Cl)c1C. The Bertz CT molecular complexity index is 958.